The van der Waals surface area contributed by atoms with Crippen LogP contribution in [0.5, 0.6) is 0 Å². The van der Waals surface area contributed by atoms with Gasteiger partial charge in [0.2, 0.25) is 0 Å². The zero-order valence-corrected chi connectivity index (χ0v) is 13.4. The van der Waals surface area contributed by atoms with Crippen LogP contribution in [0.1, 0.15) is 23.1 Å². The number of hydrogen-bond donors (Lipinski definition) is 2. The molecule has 0 amide bonds. The van der Waals surface area contributed by atoms with Gasteiger partial charge in [0.15, 0.2) is 0 Å². The molecule has 2 aliphatic rings. The van der Waals surface area contributed by atoms with Crippen molar-refractivity contribution < 1.29 is 5.11 Å². The quantitative estimate of drug-likeness (QED) is 0.892. The summed E-state index contributed by atoms with van der Waals surface area (Å²) in [5.74, 6) is 0. The second-order valence-corrected chi connectivity index (χ2v) is 6.63. The lowest BCUT2D eigenvalue weighted by Gasteiger charge is -2.48. The van der Waals surface area contributed by atoms with Crippen molar-refractivity contribution in [3.63, 3.8) is 0 Å². The van der Waals surface area contributed by atoms with Crippen molar-refractivity contribution in [2.24, 2.45) is 0 Å². The van der Waals surface area contributed by atoms with E-state index >= 15 is 0 Å². The van der Waals surface area contributed by atoms with Crippen LogP contribution in [0.3, 0.4) is 0 Å². The number of nitrogens with one attached hydrogen (secondary N) is 1. The Bertz CT molecular complexity index is 666. The van der Waals surface area contributed by atoms with E-state index in [0.29, 0.717) is 0 Å². The van der Waals surface area contributed by atoms with Crippen molar-refractivity contribution in [1.29, 1.82) is 0 Å². The van der Waals surface area contributed by atoms with Crippen molar-refractivity contribution in [2.45, 2.75) is 24.5 Å². The first kappa shape index (κ1) is 14.9. The first-order chi connectivity index (χ1) is 11.3. The van der Waals surface area contributed by atoms with Crippen molar-refractivity contribution in [3.05, 3.63) is 71.3 Å². The van der Waals surface area contributed by atoms with Crippen molar-refractivity contribution in [1.82, 2.24) is 10.2 Å². The van der Waals surface area contributed by atoms with Crippen molar-refractivity contribution in [2.75, 3.05) is 26.2 Å². The molecule has 0 bridgehead atoms. The van der Waals surface area contributed by atoms with E-state index < -0.39 is 5.60 Å². The molecule has 0 spiro atoms. The number of aliphatic hydroxyl groups is 1. The predicted molar refractivity (Wildman–Crippen MR) is 92.4 cm³/mol. The second-order valence-electron chi connectivity index (χ2n) is 6.63. The molecule has 0 aromatic heterocycles. The lowest BCUT2D eigenvalue weighted by Crippen LogP contribution is -2.58. The Labute approximate surface area is 138 Å². The van der Waals surface area contributed by atoms with Crippen LogP contribution in [0.15, 0.2) is 54.6 Å². The first-order valence-corrected chi connectivity index (χ1v) is 8.61. The molecule has 3 heteroatoms. The van der Waals surface area contributed by atoms with Gasteiger partial charge in [-0.25, -0.2) is 0 Å². The molecule has 1 heterocycles. The molecule has 1 saturated heterocycles. The molecule has 1 aliphatic carbocycles. The topological polar surface area (TPSA) is 35.5 Å². The summed E-state index contributed by atoms with van der Waals surface area (Å²) >= 11 is 0. The Morgan fingerprint density at radius 1 is 0.957 bits per heavy atom. The summed E-state index contributed by atoms with van der Waals surface area (Å²) in [5.41, 5.74) is 2.45. The van der Waals surface area contributed by atoms with Crippen molar-refractivity contribution >= 4 is 0 Å². The van der Waals surface area contributed by atoms with Gasteiger partial charge in [0.25, 0.3) is 0 Å². The summed E-state index contributed by atoms with van der Waals surface area (Å²) in [7, 11) is 0. The van der Waals surface area contributed by atoms with Gasteiger partial charge in [0.05, 0.1) is 0 Å². The minimum absolute atomic E-state index is 0.141. The normalized spacial score (nSPS) is 28.3. The van der Waals surface area contributed by atoms with Crippen LogP contribution in [0.25, 0.3) is 0 Å². The Morgan fingerprint density at radius 2 is 1.65 bits per heavy atom. The highest BCUT2D eigenvalue weighted by Crippen LogP contribution is 2.43. The lowest BCUT2D eigenvalue weighted by molar-refractivity contribution is -0.0357. The van der Waals surface area contributed by atoms with E-state index in [1.165, 1.54) is 5.56 Å². The summed E-state index contributed by atoms with van der Waals surface area (Å²) in [6, 6.07) is 18.7. The van der Waals surface area contributed by atoms with Crippen LogP contribution < -0.4 is 5.32 Å². The molecule has 3 nitrogen and oxygen atoms in total. The van der Waals surface area contributed by atoms with Crippen LogP contribution >= 0.6 is 0 Å². The van der Waals surface area contributed by atoms with E-state index in [0.717, 1.165) is 50.1 Å². The molecule has 1 aliphatic heterocycles. The Kier molecular flexibility index (Phi) is 3.93. The third kappa shape index (κ3) is 2.49. The summed E-state index contributed by atoms with van der Waals surface area (Å²) in [5, 5.41) is 15.4. The van der Waals surface area contributed by atoms with E-state index in [-0.39, 0.29) is 6.04 Å². The van der Waals surface area contributed by atoms with Crippen LogP contribution in [-0.2, 0) is 12.0 Å². The average Bonchev–Trinajstić information content (AvgIpc) is 2.64. The van der Waals surface area contributed by atoms with Crippen LogP contribution in [0, 0.1) is 0 Å². The second kappa shape index (κ2) is 6.08. The maximum Gasteiger partial charge on any atom is 0.130 e. The summed E-state index contributed by atoms with van der Waals surface area (Å²) in [4.78, 5) is 2.47. The van der Waals surface area contributed by atoms with Crippen LogP contribution in [0.2, 0.25) is 0 Å². The molecule has 0 unspecified atom stereocenters. The van der Waals surface area contributed by atoms with Gasteiger partial charge in [-0.15, -0.1) is 0 Å². The van der Waals surface area contributed by atoms with Gasteiger partial charge in [0.1, 0.15) is 5.60 Å². The van der Waals surface area contributed by atoms with E-state index in [1.54, 1.807) is 0 Å². The van der Waals surface area contributed by atoms with Gasteiger partial charge >= 0.3 is 0 Å². The third-order valence-electron chi connectivity index (χ3n) is 5.40. The van der Waals surface area contributed by atoms with Gasteiger partial charge < -0.3 is 10.4 Å². The van der Waals surface area contributed by atoms with E-state index in [4.69, 9.17) is 0 Å². The Hall–Kier alpha value is -1.68. The molecule has 1 fully saturated rings. The molecule has 0 radical (unpaired) electrons. The van der Waals surface area contributed by atoms with Crippen molar-refractivity contribution in [3.8, 4) is 0 Å². The summed E-state index contributed by atoms with van der Waals surface area (Å²) < 4.78 is 0. The molecule has 2 N–H and O–H groups in total. The molecular weight excluding hydrogens is 284 g/mol. The standard InChI is InChI=1S/C20H24N2O/c23-20(17-7-2-1-3-8-17)18-9-5-4-6-16(18)10-11-19(20)22-14-12-21-13-15-22/h1-9,19,21,23H,10-15H2/t19-,20+/m0/s1. The zero-order valence-electron chi connectivity index (χ0n) is 13.4. The van der Waals surface area contributed by atoms with Crippen LogP contribution in [-0.4, -0.2) is 42.2 Å². The number of fused-ring (bicyclic) bond motifs is 1. The van der Waals surface area contributed by atoms with E-state index in [2.05, 4.69) is 40.5 Å². The fourth-order valence-electron chi connectivity index (χ4n) is 4.27. The first-order valence-electron chi connectivity index (χ1n) is 8.61. The number of nitrogens with zero attached hydrogens (tertiary/aromatic N) is 1. The number of hydrogen-bond acceptors (Lipinski definition) is 3. The monoisotopic (exact) mass is 308 g/mol. The molecule has 23 heavy (non-hydrogen) atoms. The van der Waals surface area contributed by atoms with Gasteiger partial charge in [-0.3, -0.25) is 4.90 Å². The van der Waals surface area contributed by atoms with Crippen LogP contribution in [0.4, 0.5) is 0 Å². The SMILES string of the molecule is O[C@]1(c2ccccc2)c2ccccc2CC[C@@H]1N1CCNCC1. The Balaban J connectivity index is 1.83. The zero-order chi connectivity index (χ0) is 15.7. The largest absolute Gasteiger partial charge is 0.379 e. The van der Waals surface area contributed by atoms with Gasteiger partial charge in [-0.2, -0.15) is 0 Å². The fraction of sp³-hybridized carbons (Fsp3) is 0.400. The summed E-state index contributed by atoms with van der Waals surface area (Å²) in [6.45, 7) is 4.01. The minimum Gasteiger partial charge on any atom is -0.379 e. The number of piperazine rings is 1. The Morgan fingerprint density at radius 3 is 2.43 bits per heavy atom. The molecule has 4 rings (SSSR count). The smallest absolute Gasteiger partial charge is 0.130 e. The number of rotatable bonds is 2. The maximum absolute atomic E-state index is 11.9. The summed E-state index contributed by atoms with van der Waals surface area (Å²) in [6.07, 6.45) is 2.04. The predicted octanol–water partition coefficient (Wildman–Crippen LogP) is 2.14. The van der Waals surface area contributed by atoms with Gasteiger partial charge in [-0.1, -0.05) is 54.6 Å². The highest BCUT2D eigenvalue weighted by molar-refractivity contribution is 5.45. The molecule has 2 atom stereocenters. The number of aryl methyl sites for hydroxylation is 1. The highest BCUT2D eigenvalue weighted by atomic mass is 16.3. The average molecular weight is 308 g/mol. The molecule has 2 aromatic rings. The lowest BCUT2D eigenvalue weighted by atomic mass is 9.71. The maximum atomic E-state index is 11.9. The highest BCUT2D eigenvalue weighted by Gasteiger charge is 2.46. The van der Waals surface area contributed by atoms with Gasteiger partial charge in [-0.05, 0) is 29.5 Å². The molecule has 120 valence electrons. The van der Waals surface area contributed by atoms with Gasteiger partial charge in [0, 0.05) is 32.2 Å². The third-order valence-corrected chi connectivity index (χ3v) is 5.40. The number of benzene rings is 2. The minimum atomic E-state index is -0.923. The fourth-order valence-corrected chi connectivity index (χ4v) is 4.27. The molecule has 0 saturated carbocycles. The van der Waals surface area contributed by atoms with E-state index in [9.17, 15) is 5.11 Å². The molecule has 2 aromatic carbocycles. The molecular formula is C20H24N2O. The van der Waals surface area contributed by atoms with E-state index in [1.807, 2.05) is 24.3 Å².